The van der Waals surface area contributed by atoms with Crippen molar-refractivity contribution in [1.29, 1.82) is 0 Å². The molecular weight excluding hydrogens is 500 g/mol. The zero-order valence-corrected chi connectivity index (χ0v) is 14.9. The Balaban J connectivity index is 2.13. The van der Waals surface area contributed by atoms with Crippen LogP contribution in [-0.2, 0) is 6.61 Å². The number of rotatable bonds is 5. The van der Waals surface area contributed by atoms with Crippen LogP contribution < -0.4 is 4.74 Å². The third kappa shape index (κ3) is 4.13. The highest BCUT2D eigenvalue weighted by Gasteiger charge is 2.10. The van der Waals surface area contributed by atoms with Crippen LogP contribution in [0.15, 0.2) is 36.4 Å². The fourth-order valence-electron chi connectivity index (χ4n) is 1.65. The maximum absolute atomic E-state index is 10.8. The first kappa shape index (κ1) is 16.1. The van der Waals surface area contributed by atoms with Crippen molar-refractivity contribution in [3.63, 3.8) is 0 Å². The van der Waals surface area contributed by atoms with Crippen molar-refractivity contribution in [3.8, 4) is 5.75 Å². The summed E-state index contributed by atoms with van der Waals surface area (Å²) in [6.45, 7) is 0.310. The Hall–Kier alpha value is -1.23. The van der Waals surface area contributed by atoms with Gasteiger partial charge in [0.25, 0.3) is 5.69 Å². The Bertz CT molecular complexity index is 663. The summed E-state index contributed by atoms with van der Waals surface area (Å²) < 4.78 is 7.45. The van der Waals surface area contributed by atoms with Crippen LogP contribution in [0.5, 0.6) is 5.75 Å². The molecule has 0 saturated carbocycles. The molecule has 0 spiro atoms. The van der Waals surface area contributed by atoms with Crippen LogP contribution in [0, 0.1) is 17.3 Å². The van der Waals surface area contributed by atoms with Crippen molar-refractivity contribution < 1.29 is 14.5 Å². The molecule has 0 unspecified atom stereocenters. The third-order valence-corrected chi connectivity index (χ3v) is 4.29. The van der Waals surface area contributed by atoms with E-state index in [0.29, 0.717) is 17.9 Å². The summed E-state index contributed by atoms with van der Waals surface area (Å²) >= 11 is 4.23. The van der Waals surface area contributed by atoms with Crippen molar-refractivity contribution in [2.45, 2.75) is 6.61 Å². The fraction of sp³-hybridized carbons (Fsp3) is 0.0714. The highest BCUT2D eigenvalue weighted by Crippen LogP contribution is 2.29. The minimum Gasteiger partial charge on any atom is -0.487 e. The van der Waals surface area contributed by atoms with E-state index in [9.17, 15) is 14.9 Å². The molecule has 0 atom stereocenters. The average Bonchev–Trinajstić information content (AvgIpc) is 2.46. The molecular formula is C14H9I2NO4. The lowest BCUT2D eigenvalue weighted by atomic mass is 10.2. The number of carbonyl (C=O) groups excluding carboxylic acids is 1. The third-order valence-electron chi connectivity index (χ3n) is 2.69. The maximum Gasteiger partial charge on any atom is 0.269 e. The molecule has 2 rings (SSSR count). The number of benzene rings is 2. The number of hydrogen-bond donors (Lipinski definition) is 0. The highest BCUT2D eigenvalue weighted by molar-refractivity contribution is 14.1. The van der Waals surface area contributed by atoms with Gasteiger partial charge in [-0.25, -0.2) is 0 Å². The Morgan fingerprint density at radius 3 is 2.19 bits per heavy atom. The van der Waals surface area contributed by atoms with Crippen LogP contribution in [0.25, 0.3) is 0 Å². The van der Waals surface area contributed by atoms with Gasteiger partial charge in [-0.1, -0.05) is 0 Å². The minimum atomic E-state index is -0.436. The van der Waals surface area contributed by atoms with Gasteiger partial charge in [0, 0.05) is 17.7 Å². The van der Waals surface area contributed by atoms with Crippen LogP contribution in [0.4, 0.5) is 5.69 Å². The fourth-order valence-corrected chi connectivity index (χ4v) is 3.78. The molecule has 0 amide bonds. The average molecular weight is 509 g/mol. The first-order valence-electron chi connectivity index (χ1n) is 5.81. The minimum absolute atomic E-state index is 0.0539. The van der Waals surface area contributed by atoms with Gasteiger partial charge in [-0.15, -0.1) is 0 Å². The quantitative estimate of drug-likeness (QED) is 0.263. The van der Waals surface area contributed by atoms with E-state index in [4.69, 9.17) is 4.74 Å². The number of nitro benzene ring substituents is 1. The van der Waals surface area contributed by atoms with Gasteiger partial charge in [0.2, 0.25) is 0 Å². The maximum atomic E-state index is 10.8. The highest BCUT2D eigenvalue weighted by atomic mass is 127. The number of nitro groups is 1. The summed E-state index contributed by atoms with van der Waals surface area (Å²) in [5.74, 6) is 0.708. The largest absolute Gasteiger partial charge is 0.487 e. The summed E-state index contributed by atoms with van der Waals surface area (Å²) in [5.41, 5.74) is 1.50. The molecule has 0 aliphatic heterocycles. The first-order valence-corrected chi connectivity index (χ1v) is 7.97. The Labute approximate surface area is 148 Å². The summed E-state index contributed by atoms with van der Waals surface area (Å²) in [4.78, 5) is 20.9. The molecule has 0 radical (unpaired) electrons. The molecule has 0 saturated heterocycles. The van der Waals surface area contributed by atoms with Gasteiger partial charge in [-0.05, 0) is 75.0 Å². The summed E-state index contributed by atoms with van der Waals surface area (Å²) in [5, 5.41) is 10.6. The summed E-state index contributed by atoms with van der Waals surface area (Å²) in [6.07, 6.45) is 0.796. The molecule has 7 heteroatoms. The van der Waals surface area contributed by atoms with Crippen LogP contribution in [0.2, 0.25) is 0 Å². The van der Waals surface area contributed by atoms with E-state index in [1.807, 2.05) is 0 Å². The van der Waals surface area contributed by atoms with E-state index >= 15 is 0 Å². The molecule has 0 aromatic heterocycles. The molecule has 0 aliphatic rings. The zero-order chi connectivity index (χ0) is 15.4. The molecule has 2 aromatic rings. The lowest BCUT2D eigenvalue weighted by molar-refractivity contribution is -0.384. The van der Waals surface area contributed by atoms with E-state index in [2.05, 4.69) is 45.2 Å². The lowest BCUT2D eigenvalue weighted by Crippen LogP contribution is -2.00. The molecule has 21 heavy (non-hydrogen) atoms. The number of ether oxygens (including phenoxy) is 1. The van der Waals surface area contributed by atoms with Crippen molar-refractivity contribution in [2.24, 2.45) is 0 Å². The van der Waals surface area contributed by atoms with Gasteiger partial charge in [0.1, 0.15) is 18.6 Å². The molecule has 2 aromatic carbocycles. The Kier molecular flexibility index (Phi) is 5.51. The molecule has 0 aliphatic carbocycles. The number of non-ortho nitro benzene ring substituents is 1. The monoisotopic (exact) mass is 509 g/mol. The van der Waals surface area contributed by atoms with Crippen LogP contribution in [-0.4, -0.2) is 11.2 Å². The number of carbonyl (C=O) groups is 1. The first-order chi connectivity index (χ1) is 10.0. The van der Waals surface area contributed by atoms with E-state index in [0.717, 1.165) is 19.0 Å². The van der Waals surface area contributed by atoms with Crippen molar-refractivity contribution in [1.82, 2.24) is 0 Å². The van der Waals surface area contributed by atoms with Gasteiger partial charge in [-0.2, -0.15) is 0 Å². The summed E-state index contributed by atoms with van der Waals surface area (Å²) in [7, 11) is 0. The second-order valence-electron chi connectivity index (χ2n) is 4.14. The Morgan fingerprint density at radius 1 is 1.14 bits per heavy atom. The molecule has 0 bridgehead atoms. The normalized spacial score (nSPS) is 10.2. The van der Waals surface area contributed by atoms with Crippen molar-refractivity contribution >= 4 is 57.2 Å². The van der Waals surface area contributed by atoms with Gasteiger partial charge in [0.05, 0.1) is 12.1 Å². The second kappa shape index (κ2) is 7.16. The SMILES string of the molecule is O=Cc1cc(I)c(OCc2ccc([N+](=O)[O-])cc2)c(I)c1. The van der Waals surface area contributed by atoms with Crippen LogP contribution in [0.3, 0.4) is 0 Å². The van der Waals surface area contributed by atoms with E-state index in [1.54, 1.807) is 24.3 Å². The molecule has 5 nitrogen and oxygen atoms in total. The predicted molar refractivity (Wildman–Crippen MR) is 94.7 cm³/mol. The van der Waals surface area contributed by atoms with Crippen molar-refractivity contribution in [3.05, 3.63) is 64.8 Å². The number of aldehydes is 1. The summed E-state index contributed by atoms with van der Waals surface area (Å²) in [6, 6.07) is 9.73. The predicted octanol–water partition coefficient (Wildman–Crippen LogP) is 4.20. The topological polar surface area (TPSA) is 69.4 Å². The molecule has 108 valence electrons. The zero-order valence-electron chi connectivity index (χ0n) is 10.6. The van der Waals surface area contributed by atoms with Gasteiger partial charge >= 0.3 is 0 Å². The van der Waals surface area contributed by atoms with Crippen LogP contribution in [0.1, 0.15) is 15.9 Å². The van der Waals surface area contributed by atoms with Gasteiger partial charge in [0.15, 0.2) is 0 Å². The number of hydrogen-bond acceptors (Lipinski definition) is 4. The van der Waals surface area contributed by atoms with Crippen LogP contribution >= 0.6 is 45.2 Å². The molecule has 0 heterocycles. The number of halogens is 2. The Morgan fingerprint density at radius 2 is 1.71 bits per heavy atom. The lowest BCUT2D eigenvalue weighted by Gasteiger charge is -2.11. The van der Waals surface area contributed by atoms with E-state index in [-0.39, 0.29) is 5.69 Å². The van der Waals surface area contributed by atoms with E-state index in [1.165, 1.54) is 12.1 Å². The smallest absolute Gasteiger partial charge is 0.269 e. The number of nitrogens with zero attached hydrogens (tertiary/aromatic N) is 1. The van der Waals surface area contributed by atoms with E-state index < -0.39 is 4.92 Å². The molecule has 0 N–H and O–H groups in total. The van der Waals surface area contributed by atoms with Gasteiger partial charge in [-0.3, -0.25) is 14.9 Å². The standard InChI is InChI=1S/C14H9I2NO4/c15-12-5-10(7-18)6-13(16)14(12)21-8-9-1-3-11(4-2-9)17(19)20/h1-7H,8H2. The van der Waals surface area contributed by atoms with Gasteiger partial charge < -0.3 is 4.74 Å². The van der Waals surface area contributed by atoms with Crippen molar-refractivity contribution in [2.75, 3.05) is 0 Å². The second-order valence-corrected chi connectivity index (χ2v) is 6.47. The molecule has 0 fully saturated rings.